The van der Waals surface area contributed by atoms with Crippen molar-refractivity contribution < 1.29 is 9.53 Å². The number of carbonyl (C=O) groups excluding carboxylic acids is 1. The number of rotatable bonds is 6. The second-order valence-corrected chi connectivity index (χ2v) is 5.71. The number of hydrogen-bond donors (Lipinski definition) is 2. The molecule has 1 heterocycles. The van der Waals surface area contributed by atoms with E-state index >= 15 is 0 Å². The summed E-state index contributed by atoms with van der Waals surface area (Å²) in [6.45, 7) is 1.11. The van der Waals surface area contributed by atoms with E-state index in [0.29, 0.717) is 19.0 Å². The molecule has 2 rings (SSSR count). The smallest absolute Gasteiger partial charge is 0.233 e. The number of hydrogen-bond acceptors (Lipinski definition) is 3. The van der Waals surface area contributed by atoms with E-state index < -0.39 is 0 Å². The maximum Gasteiger partial charge on any atom is 0.233 e. The Morgan fingerprint density at radius 3 is 2.85 bits per heavy atom. The molecule has 1 aliphatic rings. The van der Waals surface area contributed by atoms with Crippen LogP contribution >= 0.6 is 11.6 Å². The lowest BCUT2D eigenvalue weighted by Gasteiger charge is -2.25. The Labute approximate surface area is 124 Å². The normalized spacial score (nSPS) is 25.6. The molecule has 110 valence electrons. The average Bonchev–Trinajstić information content (AvgIpc) is 2.90. The molecular formula is C15H21ClN2O2. The predicted octanol–water partition coefficient (Wildman–Crippen LogP) is 1.32. The molecule has 0 saturated carbocycles. The van der Waals surface area contributed by atoms with Crippen LogP contribution in [-0.2, 0) is 16.0 Å². The van der Waals surface area contributed by atoms with Crippen LogP contribution in [0.4, 0.5) is 0 Å². The van der Waals surface area contributed by atoms with Crippen molar-refractivity contribution in [3.8, 4) is 0 Å². The van der Waals surface area contributed by atoms with Crippen LogP contribution in [-0.4, -0.2) is 37.6 Å². The van der Waals surface area contributed by atoms with Gasteiger partial charge in [-0.25, -0.2) is 0 Å². The van der Waals surface area contributed by atoms with Crippen molar-refractivity contribution in [1.29, 1.82) is 0 Å². The van der Waals surface area contributed by atoms with Crippen LogP contribution in [0.3, 0.4) is 0 Å². The molecule has 1 aliphatic heterocycles. The van der Waals surface area contributed by atoms with Gasteiger partial charge in [-0.05, 0) is 18.4 Å². The zero-order valence-corrected chi connectivity index (χ0v) is 12.2. The number of benzene rings is 1. The molecule has 5 heteroatoms. The van der Waals surface area contributed by atoms with Crippen molar-refractivity contribution in [2.24, 2.45) is 11.1 Å². The number of nitrogens with two attached hydrogens (primary N) is 1. The van der Waals surface area contributed by atoms with Crippen LogP contribution in [0, 0.1) is 5.41 Å². The highest BCUT2D eigenvalue weighted by molar-refractivity contribution is 6.18. The topological polar surface area (TPSA) is 64.4 Å². The molecule has 0 spiro atoms. The summed E-state index contributed by atoms with van der Waals surface area (Å²) in [5, 5.41) is 2.82. The van der Waals surface area contributed by atoms with Gasteiger partial charge in [0.25, 0.3) is 0 Å². The molecule has 3 N–H and O–H groups in total. The fraction of sp³-hybridized carbons (Fsp3) is 0.533. The number of amides is 1. The quantitative estimate of drug-likeness (QED) is 0.778. The van der Waals surface area contributed by atoms with Crippen molar-refractivity contribution in [3.63, 3.8) is 0 Å². The summed E-state index contributed by atoms with van der Waals surface area (Å²) >= 11 is 6.10. The summed E-state index contributed by atoms with van der Waals surface area (Å²) < 4.78 is 5.86. The fourth-order valence-corrected chi connectivity index (χ4v) is 2.81. The van der Waals surface area contributed by atoms with Crippen LogP contribution in [0.5, 0.6) is 0 Å². The third-order valence-corrected chi connectivity index (χ3v) is 4.29. The lowest BCUT2D eigenvalue weighted by atomic mass is 9.86. The van der Waals surface area contributed by atoms with Gasteiger partial charge in [-0.15, -0.1) is 11.6 Å². The second-order valence-electron chi connectivity index (χ2n) is 5.44. The Hall–Kier alpha value is -1.10. The lowest BCUT2D eigenvalue weighted by Crippen LogP contribution is -2.41. The Kier molecular flexibility index (Phi) is 5.40. The highest BCUT2D eigenvalue weighted by atomic mass is 35.5. The molecule has 1 aromatic rings. The molecular weight excluding hydrogens is 276 g/mol. The molecule has 1 amide bonds. The summed E-state index contributed by atoms with van der Waals surface area (Å²) in [5.74, 6) is 0.323. The Balaban J connectivity index is 1.89. The van der Waals surface area contributed by atoms with Gasteiger partial charge in [-0.2, -0.15) is 0 Å². The molecule has 4 nitrogen and oxygen atoms in total. The minimum Gasteiger partial charge on any atom is -0.377 e. The van der Waals surface area contributed by atoms with E-state index in [0.717, 1.165) is 12.8 Å². The molecule has 0 radical (unpaired) electrons. The molecule has 1 aromatic carbocycles. The van der Waals surface area contributed by atoms with Gasteiger partial charge in [0.15, 0.2) is 0 Å². The first-order chi connectivity index (χ1) is 9.67. The van der Waals surface area contributed by atoms with Gasteiger partial charge in [0.2, 0.25) is 5.91 Å². The van der Waals surface area contributed by atoms with Crippen LogP contribution in [0.1, 0.15) is 12.0 Å². The zero-order valence-electron chi connectivity index (χ0n) is 11.5. The van der Waals surface area contributed by atoms with Crippen molar-refractivity contribution in [2.75, 3.05) is 25.6 Å². The minimum atomic E-state index is -0.175. The van der Waals surface area contributed by atoms with Crippen LogP contribution in [0.25, 0.3) is 0 Å². The highest BCUT2D eigenvalue weighted by Gasteiger charge is 2.39. The Morgan fingerprint density at radius 2 is 2.20 bits per heavy atom. The van der Waals surface area contributed by atoms with E-state index in [1.54, 1.807) is 0 Å². The van der Waals surface area contributed by atoms with Gasteiger partial charge in [0.05, 0.1) is 19.3 Å². The first-order valence-corrected chi connectivity index (χ1v) is 7.39. The molecule has 0 aliphatic carbocycles. The number of alkyl halides is 1. The first-order valence-electron chi connectivity index (χ1n) is 6.86. The van der Waals surface area contributed by atoms with Crippen LogP contribution in [0.2, 0.25) is 0 Å². The minimum absolute atomic E-state index is 0.00661. The van der Waals surface area contributed by atoms with E-state index in [-0.39, 0.29) is 24.0 Å². The predicted molar refractivity (Wildman–Crippen MR) is 79.7 cm³/mol. The molecule has 20 heavy (non-hydrogen) atoms. The number of nitrogens with one attached hydrogen (secondary N) is 1. The van der Waals surface area contributed by atoms with Gasteiger partial charge in [-0.1, -0.05) is 30.3 Å². The average molecular weight is 297 g/mol. The van der Waals surface area contributed by atoms with Gasteiger partial charge >= 0.3 is 0 Å². The zero-order chi connectivity index (χ0) is 14.4. The second kappa shape index (κ2) is 7.07. The van der Waals surface area contributed by atoms with Crippen LogP contribution < -0.4 is 11.1 Å². The summed E-state index contributed by atoms with van der Waals surface area (Å²) in [6, 6.07) is 10.3. The van der Waals surface area contributed by atoms with Gasteiger partial charge < -0.3 is 15.8 Å². The molecule has 0 bridgehead atoms. The van der Waals surface area contributed by atoms with Gasteiger partial charge in [0.1, 0.15) is 0 Å². The summed E-state index contributed by atoms with van der Waals surface area (Å²) in [6.07, 6.45) is 1.89. The number of carbonyl (C=O) groups is 1. The van der Waals surface area contributed by atoms with Crippen molar-refractivity contribution in [1.82, 2.24) is 5.32 Å². The van der Waals surface area contributed by atoms with E-state index in [4.69, 9.17) is 22.1 Å². The highest BCUT2D eigenvalue weighted by Crippen LogP contribution is 2.34. The van der Waals surface area contributed by atoms with E-state index in [1.165, 1.54) is 5.56 Å². The largest absolute Gasteiger partial charge is 0.377 e. The molecule has 1 saturated heterocycles. The van der Waals surface area contributed by atoms with E-state index in [9.17, 15) is 4.79 Å². The van der Waals surface area contributed by atoms with Crippen molar-refractivity contribution >= 4 is 17.5 Å². The molecule has 2 unspecified atom stereocenters. The maximum absolute atomic E-state index is 11.3. The standard InChI is InChI=1S/C15H21ClN2O2/c16-9-15(10-18-14(19)8-17)7-13(20-11-15)6-12-4-2-1-3-5-12/h1-5,13H,6-11,17H2,(H,18,19). The summed E-state index contributed by atoms with van der Waals surface area (Å²) in [7, 11) is 0. The van der Waals surface area contributed by atoms with Crippen LogP contribution in [0.15, 0.2) is 30.3 Å². The third-order valence-electron chi connectivity index (χ3n) is 3.72. The summed E-state index contributed by atoms with van der Waals surface area (Å²) in [4.78, 5) is 11.3. The lowest BCUT2D eigenvalue weighted by molar-refractivity contribution is -0.120. The number of halogens is 1. The van der Waals surface area contributed by atoms with Gasteiger partial charge in [0, 0.05) is 17.8 Å². The first kappa shape index (κ1) is 15.3. The molecule has 2 atom stereocenters. The van der Waals surface area contributed by atoms with E-state index in [2.05, 4.69) is 17.4 Å². The Morgan fingerprint density at radius 1 is 1.45 bits per heavy atom. The van der Waals surface area contributed by atoms with E-state index in [1.807, 2.05) is 18.2 Å². The SMILES string of the molecule is NCC(=O)NCC1(CCl)COC(Cc2ccccc2)C1. The molecule has 1 fully saturated rings. The maximum atomic E-state index is 11.3. The molecule has 0 aromatic heterocycles. The third kappa shape index (κ3) is 3.95. The fourth-order valence-electron chi connectivity index (χ4n) is 2.53. The van der Waals surface area contributed by atoms with Crippen molar-refractivity contribution in [3.05, 3.63) is 35.9 Å². The van der Waals surface area contributed by atoms with Gasteiger partial charge in [-0.3, -0.25) is 4.79 Å². The van der Waals surface area contributed by atoms with Crippen molar-refractivity contribution in [2.45, 2.75) is 18.9 Å². The number of ether oxygens (including phenoxy) is 1. The Bertz CT molecular complexity index is 441. The monoisotopic (exact) mass is 296 g/mol. The summed E-state index contributed by atoms with van der Waals surface area (Å²) in [5.41, 5.74) is 6.38.